The van der Waals surface area contributed by atoms with Crippen molar-refractivity contribution < 1.29 is 0 Å². The summed E-state index contributed by atoms with van der Waals surface area (Å²) in [5.41, 5.74) is 2.20. The van der Waals surface area contributed by atoms with Crippen molar-refractivity contribution >= 4 is 0 Å². The summed E-state index contributed by atoms with van der Waals surface area (Å²) in [6, 6.07) is 2.51. The lowest BCUT2D eigenvalue weighted by Gasteiger charge is -2.20. The first-order chi connectivity index (χ1) is 7.45. The van der Waals surface area contributed by atoms with Crippen molar-refractivity contribution in [2.24, 2.45) is 0 Å². The molecule has 0 spiro atoms. The van der Waals surface area contributed by atoms with Gasteiger partial charge in [0.25, 0.3) is 0 Å². The SMILES string of the molecule is CNC(C)C(C)c1cc(C)nc(C(C)C)n1. The molecule has 0 fully saturated rings. The summed E-state index contributed by atoms with van der Waals surface area (Å²) >= 11 is 0. The third-order valence-corrected chi connectivity index (χ3v) is 3.08. The van der Waals surface area contributed by atoms with E-state index in [0.29, 0.717) is 17.9 Å². The molecule has 1 heterocycles. The smallest absolute Gasteiger partial charge is 0.131 e. The average molecular weight is 221 g/mol. The molecule has 0 amide bonds. The summed E-state index contributed by atoms with van der Waals surface area (Å²) in [5, 5.41) is 3.27. The molecule has 3 nitrogen and oxygen atoms in total. The predicted octanol–water partition coefficient (Wildman–Crippen LogP) is 2.62. The molecule has 90 valence electrons. The van der Waals surface area contributed by atoms with Gasteiger partial charge < -0.3 is 5.32 Å². The summed E-state index contributed by atoms with van der Waals surface area (Å²) in [6.45, 7) is 10.7. The lowest BCUT2D eigenvalue weighted by atomic mass is 9.98. The molecule has 16 heavy (non-hydrogen) atoms. The minimum Gasteiger partial charge on any atom is -0.317 e. The second kappa shape index (κ2) is 5.39. The first kappa shape index (κ1) is 13.1. The minimum absolute atomic E-state index is 0.385. The van der Waals surface area contributed by atoms with Gasteiger partial charge in [-0.05, 0) is 27.0 Å². The van der Waals surface area contributed by atoms with Crippen LogP contribution in [0.2, 0.25) is 0 Å². The first-order valence-corrected chi connectivity index (χ1v) is 5.98. The van der Waals surface area contributed by atoms with Gasteiger partial charge in [-0.3, -0.25) is 0 Å². The highest BCUT2D eigenvalue weighted by molar-refractivity contribution is 5.16. The van der Waals surface area contributed by atoms with Crippen LogP contribution < -0.4 is 5.32 Å². The van der Waals surface area contributed by atoms with E-state index in [1.54, 1.807) is 0 Å². The van der Waals surface area contributed by atoms with Crippen molar-refractivity contribution in [1.29, 1.82) is 0 Å². The molecule has 1 aromatic heterocycles. The summed E-state index contributed by atoms with van der Waals surface area (Å²) in [4.78, 5) is 9.12. The molecule has 0 bridgehead atoms. The third-order valence-electron chi connectivity index (χ3n) is 3.08. The molecule has 0 radical (unpaired) electrons. The van der Waals surface area contributed by atoms with Crippen LogP contribution >= 0.6 is 0 Å². The van der Waals surface area contributed by atoms with Gasteiger partial charge in [-0.2, -0.15) is 0 Å². The van der Waals surface area contributed by atoms with Crippen LogP contribution in [-0.2, 0) is 0 Å². The highest BCUT2D eigenvalue weighted by Crippen LogP contribution is 2.19. The Labute approximate surface area is 98.7 Å². The molecule has 0 saturated carbocycles. The molecule has 0 saturated heterocycles. The fourth-order valence-corrected chi connectivity index (χ4v) is 1.61. The van der Waals surface area contributed by atoms with Crippen molar-refractivity contribution in [1.82, 2.24) is 15.3 Å². The van der Waals surface area contributed by atoms with Gasteiger partial charge in [0, 0.05) is 29.3 Å². The molecule has 2 unspecified atom stereocenters. The van der Waals surface area contributed by atoms with Gasteiger partial charge >= 0.3 is 0 Å². The Morgan fingerprint density at radius 2 is 1.75 bits per heavy atom. The van der Waals surface area contributed by atoms with Crippen LogP contribution in [0.1, 0.15) is 56.7 Å². The van der Waals surface area contributed by atoms with Crippen molar-refractivity contribution in [3.63, 3.8) is 0 Å². The molecular weight excluding hydrogens is 198 g/mol. The van der Waals surface area contributed by atoms with Crippen LogP contribution in [0.5, 0.6) is 0 Å². The van der Waals surface area contributed by atoms with Crippen molar-refractivity contribution in [3.8, 4) is 0 Å². The van der Waals surface area contributed by atoms with Crippen molar-refractivity contribution in [3.05, 3.63) is 23.3 Å². The maximum atomic E-state index is 4.65. The van der Waals surface area contributed by atoms with E-state index in [2.05, 4.69) is 49.0 Å². The first-order valence-electron chi connectivity index (χ1n) is 5.98. The Morgan fingerprint density at radius 1 is 1.12 bits per heavy atom. The molecule has 1 N–H and O–H groups in total. The van der Waals surface area contributed by atoms with E-state index >= 15 is 0 Å². The van der Waals surface area contributed by atoms with Crippen LogP contribution in [0.4, 0.5) is 0 Å². The van der Waals surface area contributed by atoms with Crippen molar-refractivity contribution in [2.75, 3.05) is 7.05 Å². The van der Waals surface area contributed by atoms with E-state index in [1.807, 2.05) is 14.0 Å². The highest BCUT2D eigenvalue weighted by Gasteiger charge is 2.16. The zero-order valence-corrected chi connectivity index (χ0v) is 11.2. The maximum absolute atomic E-state index is 4.65. The van der Waals surface area contributed by atoms with Gasteiger partial charge in [-0.1, -0.05) is 20.8 Å². The van der Waals surface area contributed by atoms with Crippen LogP contribution in [0.15, 0.2) is 6.07 Å². The van der Waals surface area contributed by atoms with E-state index in [-0.39, 0.29) is 0 Å². The van der Waals surface area contributed by atoms with E-state index in [1.165, 1.54) is 0 Å². The quantitative estimate of drug-likeness (QED) is 0.849. The van der Waals surface area contributed by atoms with Crippen LogP contribution in [0.25, 0.3) is 0 Å². The number of nitrogens with one attached hydrogen (secondary N) is 1. The topological polar surface area (TPSA) is 37.8 Å². The van der Waals surface area contributed by atoms with Gasteiger partial charge in [-0.25, -0.2) is 9.97 Å². The fourth-order valence-electron chi connectivity index (χ4n) is 1.61. The van der Waals surface area contributed by atoms with Crippen LogP contribution in [0, 0.1) is 6.92 Å². The number of likely N-dealkylation sites (N-methyl/N-ethyl adjacent to an activating group) is 1. The third kappa shape index (κ3) is 3.01. The number of rotatable bonds is 4. The highest BCUT2D eigenvalue weighted by atomic mass is 14.9. The zero-order valence-electron chi connectivity index (χ0n) is 11.2. The van der Waals surface area contributed by atoms with E-state index in [0.717, 1.165) is 17.2 Å². The van der Waals surface area contributed by atoms with Crippen molar-refractivity contribution in [2.45, 2.75) is 52.5 Å². The van der Waals surface area contributed by atoms with Gasteiger partial charge in [-0.15, -0.1) is 0 Å². The molecule has 0 aliphatic carbocycles. The molecule has 1 rings (SSSR count). The molecule has 0 aromatic carbocycles. The number of hydrogen-bond donors (Lipinski definition) is 1. The summed E-state index contributed by atoms with van der Waals surface area (Å²) in [6.07, 6.45) is 0. The second-order valence-electron chi connectivity index (χ2n) is 4.81. The van der Waals surface area contributed by atoms with Gasteiger partial charge in [0.1, 0.15) is 5.82 Å². The van der Waals surface area contributed by atoms with Crippen LogP contribution in [0.3, 0.4) is 0 Å². The second-order valence-corrected chi connectivity index (χ2v) is 4.81. The molecule has 1 aromatic rings. The number of aryl methyl sites for hydroxylation is 1. The summed E-state index contributed by atoms with van der Waals surface area (Å²) < 4.78 is 0. The molecule has 2 atom stereocenters. The lowest BCUT2D eigenvalue weighted by molar-refractivity contribution is 0.510. The summed E-state index contributed by atoms with van der Waals surface area (Å²) in [5.74, 6) is 1.74. The standard InChI is InChI=1S/C13H23N3/c1-8(2)13-15-9(3)7-12(16-13)10(4)11(5)14-6/h7-8,10-11,14H,1-6H3. The largest absolute Gasteiger partial charge is 0.317 e. The lowest BCUT2D eigenvalue weighted by Crippen LogP contribution is -2.28. The van der Waals surface area contributed by atoms with E-state index < -0.39 is 0 Å². The summed E-state index contributed by atoms with van der Waals surface area (Å²) in [7, 11) is 1.98. The van der Waals surface area contributed by atoms with Gasteiger partial charge in [0.15, 0.2) is 0 Å². The zero-order chi connectivity index (χ0) is 12.3. The number of hydrogen-bond acceptors (Lipinski definition) is 3. The number of nitrogens with zero attached hydrogens (tertiary/aromatic N) is 2. The fraction of sp³-hybridized carbons (Fsp3) is 0.692. The van der Waals surface area contributed by atoms with E-state index in [9.17, 15) is 0 Å². The molecule has 0 aliphatic heterocycles. The van der Waals surface area contributed by atoms with Gasteiger partial charge in [0.2, 0.25) is 0 Å². The Kier molecular flexibility index (Phi) is 4.42. The van der Waals surface area contributed by atoms with E-state index in [4.69, 9.17) is 0 Å². The molecule has 0 aliphatic rings. The normalized spacial score (nSPS) is 15.2. The Hall–Kier alpha value is -0.960. The molecule has 3 heteroatoms. The maximum Gasteiger partial charge on any atom is 0.131 e. The average Bonchev–Trinajstić information content (AvgIpc) is 2.26. The monoisotopic (exact) mass is 221 g/mol. The number of aromatic nitrogens is 2. The van der Waals surface area contributed by atoms with Gasteiger partial charge in [0.05, 0.1) is 0 Å². The predicted molar refractivity (Wildman–Crippen MR) is 67.8 cm³/mol. The minimum atomic E-state index is 0.385. The Bertz CT molecular complexity index is 347. The Balaban J connectivity index is 3.04. The molecular formula is C13H23N3. The Morgan fingerprint density at radius 3 is 2.25 bits per heavy atom. The van der Waals surface area contributed by atoms with Crippen LogP contribution in [-0.4, -0.2) is 23.1 Å².